The lowest BCUT2D eigenvalue weighted by molar-refractivity contribution is -0.116. The summed E-state index contributed by atoms with van der Waals surface area (Å²) in [5, 5.41) is 0. The highest BCUT2D eigenvalue weighted by atomic mass is 16.1. The van der Waals surface area contributed by atoms with E-state index < -0.39 is 0 Å². The Morgan fingerprint density at radius 1 is 1.18 bits per heavy atom. The zero-order valence-corrected chi connectivity index (χ0v) is 10.9. The molecule has 0 fully saturated rings. The lowest BCUT2D eigenvalue weighted by Crippen LogP contribution is -2.08. The Labute approximate surface area is 103 Å². The molecule has 0 radical (unpaired) electrons. The molecule has 0 saturated heterocycles. The largest absolute Gasteiger partial charge is 0.300 e. The third-order valence-corrected chi connectivity index (χ3v) is 1.93. The Morgan fingerprint density at radius 2 is 1.76 bits per heavy atom. The molecule has 0 saturated carbocycles. The molecule has 0 N–H and O–H groups in total. The van der Waals surface area contributed by atoms with Crippen molar-refractivity contribution in [2.75, 3.05) is 0 Å². The van der Waals surface area contributed by atoms with Crippen molar-refractivity contribution < 1.29 is 9.59 Å². The highest BCUT2D eigenvalue weighted by Crippen LogP contribution is 2.04. The van der Waals surface area contributed by atoms with Crippen molar-refractivity contribution in [3.63, 3.8) is 0 Å². The molecule has 0 rings (SSSR count). The van der Waals surface area contributed by atoms with Gasteiger partial charge in [-0.05, 0) is 32.9 Å². The Kier molecular flexibility index (Phi) is 6.71. The van der Waals surface area contributed by atoms with Gasteiger partial charge in [0.2, 0.25) is 0 Å². The summed E-state index contributed by atoms with van der Waals surface area (Å²) >= 11 is 0. The molecule has 3 nitrogen and oxygen atoms in total. The van der Waals surface area contributed by atoms with E-state index in [1.165, 1.54) is 13.8 Å². The second-order valence-corrected chi connectivity index (χ2v) is 3.97. The fourth-order valence-electron chi connectivity index (χ4n) is 1.29. The Balaban J connectivity index is 5.13. The zero-order valence-electron chi connectivity index (χ0n) is 10.9. The van der Waals surface area contributed by atoms with Crippen LogP contribution in [-0.2, 0) is 9.59 Å². The number of Topliss-reactive ketones (excluding diaryl/α,β-unsaturated/α-hetero) is 2. The molecule has 0 amide bonds. The Bertz CT molecular complexity index is 412. The normalized spacial score (nSPS) is 13.5. The van der Waals surface area contributed by atoms with E-state index in [-0.39, 0.29) is 11.6 Å². The number of allylic oxidation sites excluding steroid dienone is 5. The first-order valence-corrected chi connectivity index (χ1v) is 5.42. The van der Waals surface area contributed by atoms with Crippen molar-refractivity contribution in [1.82, 2.24) is 0 Å². The lowest BCUT2D eigenvalue weighted by Gasteiger charge is -2.00. The van der Waals surface area contributed by atoms with Gasteiger partial charge in [-0.3, -0.25) is 14.6 Å². The molecule has 0 aromatic rings. The molecule has 0 bridgehead atoms. The van der Waals surface area contributed by atoms with Crippen molar-refractivity contribution in [3.8, 4) is 0 Å². The number of nitrogens with zero attached hydrogens (tertiary/aromatic N) is 1. The minimum atomic E-state index is -0.121. The molecule has 0 aliphatic carbocycles. The van der Waals surface area contributed by atoms with Gasteiger partial charge in [-0.1, -0.05) is 18.2 Å². The van der Waals surface area contributed by atoms with Gasteiger partial charge in [0.15, 0.2) is 5.78 Å². The number of carbonyl (C=O) groups is 2. The van der Waals surface area contributed by atoms with E-state index in [0.717, 1.165) is 5.57 Å². The minimum Gasteiger partial charge on any atom is -0.300 e. The van der Waals surface area contributed by atoms with Crippen molar-refractivity contribution >= 4 is 17.3 Å². The molecule has 0 atom stereocenters. The first-order chi connectivity index (χ1) is 7.86. The molecule has 0 unspecified atom stereocenters. The Hall–Kier alpha value is -1.77. The smallest absolute Gasteiger partial charge is 0.178 e. The van der Waals surface area contributed by atoms with Crippen molar-refractivity contribution in [2.45, 2.75) is 34.1 Å². The SMILES string of the molecule is C=C/C=C(C)/N=C(\C=C(/C)CC(C)=O)C(C)=O. The van der Waals surface area contributed by atoms with E-state index >= 15 is 0 Å². The van der Waals surface area contributed by atoms with Crippen LogP contribution in [0, 0.1) is 0 Å². The van der Waals surface area contributed by atoms with Crippen LogP contribution < -0.4 is 0 Å². The molecule has 0 spiro atoms. The topological polar surface area (TPSA) is 46.5 Å². The summed E-state index contributed by atoms with van der Waals surface area (Å²) < 4.78 is 0. The summed E-state index contributed by atoms with van der Waals surface area (Å²) in [4.78, 5) is 26.5. The van der Waals surface area contributed by atoms with Crippen LogP contribution in [0.3, 0.4) is 0 Å². The number of ketones is 2. The van der Waals surface area contributed by atoms with Gasteiger partial charge in [-0.25, -0.2) is 0 Å². The van der Waals surface area contributed by atoms with Crippen LogP contribution in [-0.4, -0.2) is 17.3 Å². The predicted molar refractivity (Wildman–Crippen MR) is 71.1 cm³/mol. The second kappa shape index (κ2) is 7.49. The van der Waals surface area contributed by atoms with E-state index in [9.17, 15) is 9.59 Å². The molecular weight excluding hydrogens is 214 g/mol. The average Bonchev–Trinajstić information content (AvgIpc) is 2.15. The molecule has 0 aromatic carbocycles. The zero-order chi connectivity index (χ0) is 13.4. The maximum Gasteiger partial charge on any atom is 0.178 e. The summed E-state index contributed by atoms with van der Waals surface area (Å²) in [6, 6.07) is 0. The quantitative estimate of drug-likeness (QED) is 0.523. The first-order valence-electron chi connectivity index (χ1n) is 5.42. The fourth-order valence-corrected chi connectivity index (χ4v) is 1.29. The van der Waals surface area contributed by atoms with Gasteiger partial charge in [0, 0.05) is 19.0 Å². The van der Waals surface area contributed by atoms with E-state index in [2.05, 4.69) is 11.6 Å². The van der Waals surface area contributed by atoms with Crippen molar-refractivity contribution in [2.24, 2.45) is 4.99 Å². The summed E-state index contributed by atoms with van der Waals surface area (Å²) in [6.07, 6.45) is 5.33. The van der Waals surface area contributed by atoms with Crippen LogP contribution in [0.2, 0.25) is 0 Å². The predicted octanol–water partition coefficient (Wildman–Crippen LogP) is 3.03. The van der Waals surface area contributed by atoms with Crippen LogP contribution in [0.5, 0.6) is 0 Å². The van der Waals surface area contributed by atoms with Crippen molar-refractivity contribution in [3.05, 3.63) is 36.1 Å². The van der Waals surface area contributed by atoms with Gasteiger partial charge in [-0.2, -0.15) is 0 Å². The van der Waals surface area contributed by atoms with E-state index in [0.29, 0.717) is 17.8 Å². The number of aliphatic imine (C=N–C) groups is 1. The third kappa shape index (κ3) is 7.17. The third-order valence-electron chi connectivity index (χ3n) is 1.93. The molecular formula is C14H19NO2. The molecule has 0 aliphatic rings. The van der Waals surface area contributed by atoms with Crippen LogP contribution in [0.4, 0.5) is 0 Å². The summed E-state index contributed by atoms with van der Waals surface area (Å²) in [5.41, 5.74) is 1.90. The maximum absolute atomic E-state index is 11.4. The molecule has 3 heteroatoms. The molecule has 17 heavy (non-hydrogen) atoms. The first kappa shape index (κ1) is 15.2. The second-order valence-electron chi connectivity index (χ2n) is 3.97. The molecule has 0 heterocycles. The van der Waals surface area contributed by atoms with Crippen LogP contribution >= 0.6 is 0 Å². The monoisotopic (exact) mass is 233 g/mol. The van der Waals surface area contributed by atoms with Crippen LogP contribution in [0.1, 0.15) is 34.1 Å². The van der Waals surface area contributed by atoms with E-state index in [4.69, 9.17) is 0 Å². The van der Waals surface area contributed by atoms with Crippen LogP contribution in [0.25, 0.3) is 0 Å². The summed E-state index contributed by atoms with van der Waals surface area (Å²) in [5.74, 6) is -0.0512. The van der Waals surface area contributed by atoms with Crippen molar-refractivity contribution in [1.29, 1.82) is 0 Å². The average molecular weight is 233 g/mol. The highest BCUT2D eigenvalue weighted by Gasteiger charge is 2.04. The highest BCUT2D eigenvalue weighted by molar-refractivity contribution is 6.43. The summed E-state index contributed by atoms with van der Waals surface area (Å²) in [7, 11) is 0. The van der Waals surface area contributed by atoms with E-state index in [1.807, 2.05) is 6.92 Å². The van der Waals surface area contributed by atoms with Gasteiger partial charge in [0.05, 0.1) is 0 Å². The fraction of sp³-hybridized carbons (Fsp3) is 0.357. The Morgan fingerprint density at radius 3 is 2.18 bits per heavy atom. The number of hydrogen-bond donors (Lipinski definition) is 0. The standard InChI is InChI=1S/C14H19NO2/c1-6-7-11(3)15-14(13(5)17)9-10(2)8-12(4)16/h6-7,9H,1,8H2,2-5H3/b10-9+,11-7+,15-14+. The number of hydrogen-bond acceptors (Lipinski definition) is 3. The molecule has 92 valence electrons. The summed E-state index contributed by atoms with van der Waals surface area (Å²) in [6.45, 7) is 10.1. The van der Waals surface area contributed by atoms with Gasteiger partial charge in [-0.15, -0.1) is 0 Å². The number of carbonyl (C=O) groups excluding carboxylic acids is 2. The lowest BCUT2D eigenvalue weighted by atomic mass is 10.1. The van der Waals surface area contributed by atoms with Gasteiger partial charge >= 0.3 is 0 Å². The molecule has 0 aromatic heterocycles. The van der Waals surface area contributed by atoms with E-state index in [1.54, 1.807) is 25.2 Å². The van der Waals surface area contributed by atoms with Gasteiger partial charge in [0.1, 0.15) is 11.5 Å². The molecule has 0 aliphatic heterocycles. The number of rotatable bonds is 6. The van der Waals surface area contributed by atoms with Gasteiger partial charge < -0.3 is 0 Å². The minimum absolute atomic E-state index is 0.0695. The maximum atomic E-state index is 11.4. The van der Waals surface area contributed by atoms with Crippen LogP contribution in [0.15, 0.2) is 41.1 Å². The van der Waals surface area contributed by atoms with Gasteiger partial charge in [0.25, 0.3) is 0 Å².